The third kappa shape index (κ3) is 3.22. The van der Waals surface area contributed by atoms with Crippen molar-refractivity contribution in [2.75, 3.05) is 13.1 Å². The lowest BCUT2D eigenvalue weighted by molar-refractivity contribution is 0.0628. The summed E-state index contributed by atoms with van der Waals surface area (Å²) in [6.07, 6.45) is 1.19. The molecular formula is C18H20FNOS. The zero-order valence-corrected chi connectivity index (χ0v) is 13.7. The number of hydrogen-bond donors (Lipinski definition) is 0. The van der Waals surface area contributed by atoms with Crippen LogP contribution in [0, 0.1) is 17.7 Å². The monoisotopic (exact) mass is 317 g/mol. The first-order chi connectivity index (χ1) is 10.5. The van der Waals surface area contributed by atoms with Crippen LogP contribution < -0.4 is 0 Å². The van der Waals surface area contributed by atoms with Crippen molar-refractivity contribution >= 4 is 17.2 Å². The summed E-state index contributed by atoms with van der Waals surface area (Å²) in [6.45, 7) is 6.09. The maximum absolute atomic E-state index is 13.0. The van der Waals surface area contributed by atoms with E-state index in [2.05, 4.69) is 13.8 Å². The van der Waals surface area contributed by atoms with Crippen molar-refractivity contribution in [1.29, 1.82) is 0 Å². The van der Waals surface area contributed by atoms with Gasteiger partial charge >= 0.3 is 0 Å². The highest BCUT2D eigenvalue weighted by Gasteiger charge is 2.26. The number of hydrogen-bond acceptors (Lipinski definition) is 2. The molecule has 116 valence electrons. The summed E-state index contributed by atoms with van der Waals surface area (Å²) < 4.78 is 13.0. The normalized spacial score (nSPS) is 21.9. The number of thiophene rings is 1. The van der Waals surface area contributed by atoms with Crippen LogP contribution in [0.5, 0.6) is 0 Å². The van der Waals surface area contributed by atoms with E-state index in [4.69, 9.17) is 0 Å². The summed E-state index contributed by atoms with van der Waals surface area (Å²) in [6, 6.07) is 10.2. The Labute approximate surface area is 134 Å². The minimum Gasteiger partial charge on any atom is -0.337 e. The van der Waals surface area contributed by atoms with Gasteiger partial charge in [-0.25, -0.2) is 4.39 Å². The lowest BCUT2D eigenvalue weighted by Gasteiger charge is -2.34. The van der Waals surface area contributed by atoms with Gasteiger partial charge in [-0.1, -0.05) is 26.0 Å². The van der Waals surface area contributed by atoms with E-state index in [1.807, 2.05) is 17.0 Å². The molecule has 0 saturated carbocycles. The molecule has 2 atom stereocenters. The Bertz CT molecular complexity index is 654. The lowest BCUT2D eigenvalue weighted by atomic mass is 9.92. The molecule has 0 spiro atoms. The molecule has 1 aromatic heterocycles. The zero-order chi connectivity index (χ0) is 15.7. The van der Waals surface area contributed by atoms with Crippen LogP contribution in [0.25, 0.3) is 10.4 Å². The fraction of sp³-hybridized carbons (Fsp3) is 0.389. The largest absolute Gasteiger partial charge is 0.337 e. The van der Waals surface area contributed by atoms with Gasteiger partial charge in [0.25, 0.3) is 5.91 Å². The minimum absolute atomic E-state index is 0.122. The summed E-state index contributed by atoms with van der Waals surface area (Å²) in [4.78, 5) is 16.4. The molecule has 1 aliphatic heterocycles. The van der Waals surface area contributed by atoms with Gasteiger partial charge in [0.1, 0.15) is 5.82 Å². The number of piperidine rings is 1. The van der Waals surface area contributed by atoms with Crippen LogP contribution in [-0.4, -0.2) is 23.9 Å². The molecule has 1 fully saturated rings. The first-order valence-electron chi connectivity index (χ1n) is 7.68. The lowest BCUT2D eigenvalue weighted by Crippen LogP contribution is -2.42. The van der Waals surface area contributed by atoms with Gasteiger partial charge in [0.15, 0.2) is 0 Å². The highest BCUT2D eigenvalue weighted by molar-refractivity contribution is 7.17. The Hall–Kier alpha value is -1.68. The van der Waals surface area contributed by atoms with Crippen LogP contribution in [0.1, 0.15) is 29.9 Å². The molecule has 0 N–H and O–H groups in total. The van der Waals surface area contributed by atoms with Crippen molar-refractivity contribution in [2.24, 2.45) is 11.8 Å². The van der Waals surface area contributed by atoms with Gasteiger partial charge in [-0.15, -0.1) is 11.3 Å². The Kier molecular flexibility index (Phi) is 4.30. The molecule has 2 aromatic rings. The SMILES string of the molecule is CC1CC(C)CN(C(=O)c2ccc(-c3ccc(F)cc3)s2)C1. The van der Waals surface area contributed by atoms with Gasteiger partial charge in [-0.2, -0.15) is 0 Å². The zero-order valence-electron chi connectivity index (χ0n) is 12.9. The average molecular weight is 317 g/mol. The molecule has 2 unspecified atom stereocenters. The van der Waals surface area contributed by atoms with Crippen molar-refractivity contribution in [3.63, 3.8) is 0 Å². The van der Waals surface area contributed by atoms with Crippen molar-refractivity contribution in [3.8, 4) is 10.4 Å². The molecule has 0 radical (unpaired) electrons. The first-order valence-corrected chi connectivity index (χ1v) is 8.49. The van der Waals surface area contributed by atoms with Crippen molar-refractivity contribution in [3.05, 3.63) is 47.1 Å². The predicted octanol–water partition coefficient (Wildman–Crippen LogP) is 4.67. The summed E-state index contributed by atoms with van der Waals surface area (Å²) in [5.74, 6) is 0.998. The number of benzene rings is 1. The molecule has 0 aliphatic carbocycles. The Morgan fingerprint density at radius 1 is 1.09 bits per heavy atom. The molecule has 1 amide bonds. The maximum atomic E-state index is 13.0. The van der Waals surface area contributed by atoms with Crippen LogP contribution in [0.15, 0.2) is 36.4 Å². The van der Waals surface area contributed by atoms with Crippen molar-refractivity contribution in [1.82, 2.24) is 4.90 Å². The molecule has 2 nitrogen and oxygen atoms in total. The van der Waals surface area contributed by atoms with Crippen LogP contribution in [-0.2, 0) is 0 Å². The van der Waals surface area contributed by atoms with Gasteiger partial charge in [0, 0.05) is 18.0 Å². The standard InChI is InChI=1S/C18H20FNOS/c1-12-9-13(2)11-20(10-12)18(21)17-8-7-16(22-17)14-3-5-15(19)6-4-14/h3-8,12-13H,9-11H2,1-2H3. The Morgan fingerprint density at radius 3 is 2.36 bits per heavy atom. The van der Waals surface area contributed by atoms with Gasteiger partial charge < -0.3 is 4.90 Å². The van der Waals surface area contributed by atoms with Gasteiger partial charge in [0.05, 0.1) is 4.88 Å². The molecule has 1 saturated heterocycles. The predicted molar refractivity (Wildman–Crippen MR) is 88.6 cm³/mol. The molecule has 2 heterocycles. The van der Waals surface area contributed by atoms with Gasteiger partial charge in [0.2, 0.25) is 0 Å². The fourth-order valence-corrected chi connectivity index (χ4v) is 4.19. The molecular weight excluding hydrogens is 297 g/mol. The van der Waals surface area contributed by atoms with E-state index in [1.54, 1.807) is 12.1 Å². The number of rotatable bonds is 2. The molecule has 4 heteroatoms. The highest BCUT2D eigenvalue weighted by atomic mass is 32.1. The molecule has 1 aromatic carbocycles. The molecule has 22 heavy (non-hydrogen) atoms. The third-order valence-corrected chi connectivity index (χ3v) is 5.22. The average Bonchev–Trinajstić information content (AvgIpc) is 2.96. The summed E-state index contributed by atoms with van der Waals surface area (Å²) in [5, 5.41) is 0. The van der Waals surface area contributed by atoms with E-state index >= 15 is 0 Å². The smallest absolute Gasteiger partial charge is 0.263 e. The molecule has 3 rings (SSSR count). The highest BCUT2D eigenvalue weighted by Crippen LogP contribution is 2.30. The van der Waals surface area contributed by atoms with E-state index in [1.165, 1.54) is 29.9 Å². The van der Waals surface area contributed by atoms with E-state index in [0.29, 0.717) is 11.8 Å². The second kappa shape index (κ2) is 6.21. The van der Waals surface area contributed by atoms with Gasteiger partial charge in [-0.3, -0.25) is 4.79 Å². The minimum atomic E-state index is -0.243. The maximum Gasteiger partial charge on any atom is 0.263 e. The fourth-order valence-electron chi connectivity index (χ4n) is 3.21. The van der Waals surface area contributed by atoms with E-state index in [0.717, 1.165) is 28.4 Å². The Balaban J connectivity index is 1.78. The number of carbonyl (C=O) groups is 1. The number of nitrogens with zero attached hydrogens (tertiary/aromatic N) is 1. The van der Waals surface area contributed by atoms with Crippen LogP contribution in [0.4, 0.5) is 4.39 Å². The van der Waals surface area contributed by atoms with Crippen LogP contribution in [0.3, 0.4) is 0 Å². The Morgan fingerprint density at radius 2 is 1.73 bits per heavy atom. The topological polar surface area (TPSA) is 20.3 Å². The van der Waals surface area contributed by atoms with Gasteiger partial charge in [-0.05, 0) is 48.1 Å². The summed E-state index contributed by atoms with van der Waals surface area (Å²) >= 11 is 1.48. The molecule has 0 bridgehead atoms. The second-order valence-corrected chi connectivity index (χ2v) is 7.41. The number of amides is 1. The third-order valence-electron chi connectivity index (χ3n) is 4.10. The van der Waals surface area contributed by atoms with Crippen LogP contribution in [0.2, 0.25) is 0 Å². The quantitative estimate of drug-likeness (QED) is 0.788. The molecule has 1 aliphatic rings. The van der Waals surface area contributed by atoms with E-state index < -0.39 is 0 Å². The number of carbonyl (C=O) groups excluding carboxylic acids is 1. The summed E-state index contributed by atoms with van der Waals surface area (Å²) in [5.41, 5.74) is 0.950. The van der Waals surface area contributed by atoms with E-state index in [-0.39, 0.29) is 11.7 Å². The van der Waals surface area contributed by atoms with Crippen molar-refractivity contribution in [2.45, 2.75) is 20.3 Å². The number of halogens is 1. The van der Waals surface area contributed by atoms with E-state index in [9.17, 15) is 9.18 Å². The van der Waals surface area contributed by atoms with Crippen molar-refractivity contribution < 1.29 is 9.18 Å². The second-order valence-electron chi connectivity index (χ2n) is 6.33. The van der Waals surface area contributed by atoms with Crippen LogP contribution >= 0.6 is 11.3 Å². The summed E-state index contributed by atoms with van der Waals surface area (Å²) in [7, 11) is 0. The number of likely N-dealkylation sites (tertiary alicyclic amines) is 1. The first kappa shape index (κ1) is 15.2.